The lowest BCUT2D eigenvalue weighted by Crippen LogP contribution is -2.43. The summed E-state index contributed by atoms with van der Waals surface area (Å²) in [7, 11) is 0. The standard InChI is InChI=1S/C13H19N7S/c1-8-4-6-19(7-5-8)13(21)18-20-10(3)15-16-11-9(2)14-17-12(11)20/h8H,4-7H2,1-3H3,(H,18,21). The Morgan fingerprint density at radius 3 is 2.57 bits per heavy atom. The van der Waals surface area contributed by atoms with Gasteiger partial charge in [-0.3, -0.25) is 5.43 Å². The molecule has 0 aromatic carbocycles. The normalized spacial score (nSPS) is 16.4. The van der Waals surface area contributed by atoms with Crippen LogP contribution in [0, 0.1) is 19.8 Å². The number of piperidine rings is 1. The third kappa shape index (κ3) is 2.67. The summed E-state index contributed by atoms with van der Waals surface area (Å²) in [6, 6.07) is 0. The van der Waals surface area contributed by atoms with Gasteiger partial charge in [0.1, 0.15) is 5.82 Å². The van der Waals surface area contributed by atoms with E-state index in [1.165, 1.54) is 12.8 Å². The fraction of sp³-hybridized carbons (Fsp3) is 0.615. The Hall–Kier alpha value is -1.83. The van der Waals surface area contributed by atoms with Crippen molar-refractivity contribution in [3.63, 3.8) is 0 Å². The largest absolute Gasteiger partial charge is 0.348 e. The molecule has 0 radical (unpaired) electrons. The first-order chi connectivity index (χ1) is 10.1. The fourth-order valence-electron chi connectivity index (χ4n) is 2.48. The number of hydrogen-bond acceptors (Lipinski definition) is 5. The Morgan fingerprint density at radius 2 is 1.86 bits per heavy atom. The number of nitrogens with zero attached hydrogens (tertiary/aromatic N) is 6. The summed E-state index contributed by atoms with van der Waals surface area (Å²) in [5.41, 5.74) is 4.69. The van der Waals surface area contributed by atoms with Crippen molar-refractivity contribution in [1.82, 2.24) is 30.0 Å². The number of aryl methyl sites for hydroxylation is 2. The first-order valence-corrected chi connectivity index (χ1v) is 7.58. The van der Waals surface area contributed by atoms with Crippen molar-refractivity contribution in [3.05, 3.63) is 11.5 Å². The molecule has 0 unspecified atom stereocenters. The van der Waals surface area contributed by atoms with Gasteiger partial charge < -0.3 is 4.90 Å². The van der Waals surface area contributed by atoms with Crippen molar-refractivity contribution < 1.29 is 0 Å². The number of rotatable bonds is 1. The topological polar surface area (TPSA) is 71.8 Å². The molecule has 8 heteroatoms. The van der Waals surface area contributed by atoms with Crippen LogP contribution in [0.15, 0.2) is 0 Å². The number of nitrogens with one attached hydrogen (secondary N) is 1. The van der Waals surface area contributed by atoms with E-state index >= 15 is 0 Å². The molecule has 112 valence electrons. The number of aromatic nitrogens is 5. The van der Waals surface area contributed by atoms with Gasteiger partial charge >= 0.3 is 0 Å². The number of hydrogen-bond donors (Lipinski definition) is 1. The number of thiocarbonyl (C=S) groups is 1. The molecule has 3 aliphatic heterocycles. The molecule has 3 rings (SSSR count). The molecule has 1 N–H and O–H groups in total. The van der Waals surface area contributed by atoms with Crippen LogP contribution in [0.4, 0.5) is 0 Å². The molecular formula is C13H19N7S. The third-order valence-corrected chi connectivity index (χ3v) is 4.31. The molecule has 1 saturated heterocycles. The van der Waals surface area contributed by atoms with Crippen molar-refractivity contribution in [2.24, 2.45) is 5.92 Å². The Morgan fingerprint density at radius 1 is 1.14 bits per heavy atom. The zero-order valence-corrected chi connectivity index (χ0v) is 13.3. The lowest BCUT2D eigenvalue weighted by molar-refractivity contribution is 0.282. The van der Waals surface area contributed by atoms with Crippen LogP contribution in [0.2, 0.25) is 0 Å². The molecule has 0 amide bonds. The zero-order chi connectivity index (χ0) is 15.0. The summed E-state index contributed by atoms with van der Waals surface area (Å²) < 4.78 is 1.77. The molecule has 0 aromatic rings. The Labute approximate surface area is 129 Å². The van der Waals surface area contributed by atoms with E-state index in [-0.39, 0.29) is 0 Å². The Balaban J connectivity index is 1.81. The summed E-state index contributed by atoms with van der Waals surface area (Å²) >= 11 is 5.52. The van der Waals surface area contributed by atoms with Gasteiger partial charge in [0.15, 0.2) is 10.8 Å². The zero-order valence-electron chi connectivity index (χ0n) is 12.5. The average molecular weight is 305 g/mol. The van der Waals surface area contributed by atoms with Gasteiger partial charge in [-0.1, -0.05) is 6.92 Å². The number of likely N-dealkylation sites (tertiary alicyclic amines) is 1. The second-order valence-electron chi connectivity index (χ2n) is 5.63. The minimum atomic E-state index is 0.660. The van der Waals surface area contributed by atoms with Gasteiger partial charge in [0, 0.05) is 13.1 Å². The van der Waals surface area contributed by atoms with Crippen LogP contribution in [0.3, 0.4) is 0 Å². The van der Waals surface area contributed by atoms with Gasteiger partial charge in [-0.05, 0) is 44.8 Å². The molecule has 0 aliphatic carbocycles. The first kappa shape index (κ1) is 14.1. The average Bonchev–Trinajstić information content (AvgIpc) is 2.84. The van der Waals surface area contributed by atoms with E-state index in [0.29, 0.717) is 22.5 Å². The van der Waals surface area contributed by atoms with E-state index in [9.17, 15) is 0 Å². The van der Waals surface area contributed by atoms with Gasteiger partial charge in [0.2, 0.25) is 5.82 Å². The Bertz CT molecular complexity index is 630. The smallest absolute Gasteiger partial charge is 0.205 e. The molecule has 21 heavy (non-hydrogen) atoms. The van der Waals surface area contributed by atoms with E-state index in [2.05, 4.69) is 37.6 Å². The quantitative estimate of drug-likeness (QED) is 0.797. The second-order valence-corrected chi connectivity index (χ2v) is 6.01. The maximum Gasteiger partial charge on any atom is 0.205 e. The van der Waals surface area contributed by atoms with Gasteiger partial charge in [-0.25, -0.2) is 4.68 Å². The van der Waals surface area contributed by atoms with Gasteiger partial charge in [-0.15, -0.1) is 15.3 Å². The van der Waals surface area contributed by atoms with Gasteiger partial charge in [-0.2, -0.15) is 5.10 Å². The molecule has 3 aliphatic rings. The van der Waals surface area contributed by atoms with Crippen LogP contribution in [-0.4, -0.2) is 48.2 Å². The van der Waals surface area contributed by atoms with Crippen LogP contribution >= 0.6 is 12.2 Å². The lowest BCUT2D eigenvalue weighted by Gasteiger charge is -2.32. The second kappa shape index (κ2) is 5.51. The van der Waals surface area contributed by atoms with E-state index in [1.54, 1.807) is 4.68 Å². The molecular weight excluding hydrogens is 286 g/mol. The number of fused-ring (bicyclic) bond motifs is 1. The van der Waals surface area contributed by atoms with Crippen LogP contribution in [0.25, 0.3) is 11.5 Å². The van der Waals surface area contributed by atoms with Crippen molar-refractivity contribution >= 4 is 17.3 Å². The van der Waals surface area contributed by atoms with Crippen LogP contribution in [0.5, 0.6) is 0 Å². The molecule has 0 spiro atoms. The van der Waals surface area contributed by atoms with E-state index in [1.807, 2.05) is 13.8 Å². The monoisotopic (exact) mass is 305 g/mol. The predicted molar refractivity (Wildman–Crippen MR) is 83.6 cm³/mol. The van der Waals surface area contributed by atoms with E-state index in [4.69, 9.17) is 12.2 Å². The summed E-state index contributed by atoms with van der Waals surface area (Å²) in [5, 5.41) is 17.2. The maximum absolute atomic E-state index is 5.52. The molecule has 0 aromatic heterocycles. The highest BCUT2D eigenvalue weighted by Gasteiger charge is 2.22. The summed E-state index contributed by atoms with van der Waals surface area (Å²) in [6.07, 6.45) is 2.34. The minimum Gasteiger partial charge on any atom is -0.348 e. The summed E-state index contributed by atoms with van der Waals surface area (Å²) in [6.45, 7) is 7.99. The maximum atomic E-state index is 5.52. The van der Waals surface area contributed by atoms with Gasteiger partial charge in [0.25, 0.3) is 0 Å². The summed E-state index contributed by atoms with van der Waals surface area (Å²) in [5.74, 6) is 2.14. The Kier molecular flexibility index (Phi) is 3.71. The van der Waals surface area contributed by atoms with Crippen LogP contribution in [0.1, 0.15) is 31.3 Å². The fourth-order valence-corrected chi connectivity index (χ4v) is 2.75. The van der Waals surface area contributed by atoms with Crippen molar-refractivity contribution in [2.45, 2.75) is 33.6 Å². The molecule has 3 heterocycles. The SMILES string of the molecule is Cc1nnc2n(NC(=S)N3CCC(C)CC3)c(C)nnc1-2. The molecule has 1 fully saturated rings. The molecule has 0 saturated carbocycles. The highest BCUT2D eigenvalue weighted by atomic mass is 32.1. The van der Waals surface area contributed by atoms with Gasteiger partial charge in [0.05, 0.1) is 5.69 Å². The van der Waals surface area contributed by atoms with Crippen LogP contribution < -0.4 is 5.43 Å². The molecule has 0 bridgehead atoms. The van der Waals surface area contributed by atoms with Crippen molar-refractivity contribution in [2.75, 3.05) is 18.5 Å². The highest BCUT2D eigenvalue weighted by Crippen LogP contribution is 2.20. The predicted octanol–water partition coefficient (Wildman–Crippen LogP) is 1.35. The third-order valence-electron chi connectivity index (χ3n) is 3.96. The van der Waals surface area contributed by atoms with E-state index in [0.717, 1.165) is 24.7 Å². The van der Waals surface area contributed by atoms with Crippen molar-refractivity contribution in [1.29, 1.82) is 0 Å². The highest BCUT2D eigenvalue weighted by molar-refractivity contribution is 7.80. The lowest BCUT2D eigenvalue weighted by atomic mass is 10.00. The van der Waals surface area contributed by atoms with Crippen LogP contribution in [-0.2, 0) is 0 Å². The molecule has 0 atom stereocenters. The first-order valence-electron chi connectivity index (χ1n) is 7.17. The molecule has 7 nitrogen and oxygen atoms in total. The van der Waals surface area contributed by atoms with Crippen molar-refractivity contribution in [3.8, 4) is 11.5 Å². The summed E-state index contributed by atoms with van der Waals surface area (Å²) in [4.78, 5) is 2.19. The minimum absolute atomic E-state index is 0.660. The van der Waals surface area contributed by atoms with E-state index < -0.39 is 0 Å².